The van der Waals surface area contributed by atoms with E-state index in [2.05, 4.69) is 13.8 Å². The third kappa shape index (κ3) is 32.1. The number of rotatable bonds is 43. The quantitative estimate of drug-likeness (QED) is 0.00559. The molecule has 0 radical (unpaired) electrons. The summed E-state index contributed by atoms with van der Waals surface area (Å²) in [6.45, 7) is 5.55. The number of alkyl halides is 24. The first-order valence-corrected chi connectivity index (χ1v) is 38.9. The lowest BCUT2D eigenvalue weighted by Gasteiger charge is -2.46. The van der Waals surface area contributed by atoms with Crippen molar-refractivity contribution in [3.63, 3.8) is 0 Å². The number of allylic oxidation sites excluding steroid dienone is 1. The number of hydrogen-bond acceptors (Lipinski definition) is 4. The highest BCUT2D eigenvalue weighted by molar-refractivity contribution is 7.20. The molecule has 0 unspecified atom stereocenters. The number of pyridine rings is 1. The molecular formula is C84H98BF24NO4. The molecule has 0 saturated carbocycles. The molecule has 0 bridgehead atoms. The molecule has 634 valence electrons. The van der Waals surface area contributed by atoms with E-state index in [0.29, 0.717) is 25.3 Å². The first kappa shape index (κ1) is 96.9. The summed E-state index contributed by atoms with van der Waals surface area (Å²) in [4.78, 5) is 27.5. The van der Waals surface area contributed by atoms with Crippen molar-refractivity contribution in [1.29, 1.82) is 0 Å². The highest BCUT2D eigenvalue weighted by Gasteiger charge is 2.48. The number of carbonyl (C=O) groups excluding carboxylic acids is 2. The number of halogens is 24. The van der Waals surface area contributed by atoms with Gasteiger partial charge in [-0.1, -0.05) is 291 Å². The Morgan fingerprint density at radius 1 is 0.281 bits per heavy atom. The lowest BCUT2D eigenvalue weighted by molar-refractivity contribution is -0.684. The van der Waals surface area contributed by atoms with E-state index in [-0.39, 0.29) is 5.57 Å². The minimum Gasteiger partial charge on any atom is -0.462 e. The summed E-state index contributed by atoms with van der Waals surface area (Å²) in [5.41, 5.74) is -28.7. The Balaban J connectivity index is 0.000000407. The van der Waals surface area contributed by atoms with Crippen LogP contribution in [0.2, 0.25) is 0 Å². The summed E-state index contributed by atoms with van der Waals surface area (Å²) >= 11 is 0. The summed E-state index contributed by atoms with van der Waals surface area (Å²) in [6.07, 6.45) is -9.51. The second-order valence-electron chi connectivity index (χ2n) is 28.9. The van der Waals surface area contributed by atoms with Gasteiger partial charge in [0.05, 0.1) is 57.7 Å². The van der Waals surface area contributed by atoms with Gasteiger partial charge in [-0.15, -0.1) is 0 Å². The Morgan fingerprint density at radius 3 is 0.693 bits per heavy atom. The first-order valence-electron chi connectivity index (χ1n) is 38.9. The van der Waals surface area contributed by atoms with Crippen LogP contribution in [0.3, 0.4) is 0 Å². The smallest absolute Gasteiger partial charge is 0.416 e. The topological polar surface area (TPSA) is 56.5 Å². The van der Waals surface area contributed by atoms with Crippen molar-refractivity contribution in [2.45, 2.75) is 275 Å². The molecule has 0 aliphatic rings. The van der Waals surface area contributed by atoms with Crippen molar-refractivity contribution in [2.24, 2.45) is 0 Å². The van der Waals surface area contributed by atoms with Crippen molar-refractivity contribution < 1.29 is 129 Å². The number of benzene rings is 5. The zero-order valence-corrected chi connectivity index (χ0v) is 63.7. The largest absolute Gasteiger partial charge is 0.462 e. The molecule has 0 N–H and O–H groups in total. The summed E-state index contributed by atoms with van der Waals surface area (Å²) in [5, 5.41) is 0. The van der Waals surface area contributed by atoms with E-state index in [4.69, 9.17) is 9.47 Å². The van der Waals surface area contributed by atoms with Crippen molar-refractivity contribution in [2.75, 3.05) is 13.2 Å². The minimum absolute atomic E-state index is 0.0190. The molecule has 114 heavy (non-hydrogen) atoms. The lowest BCUT2D eigenvalue weighted by atomic mass is 9.12. The normalized spacial score (nSPS) is 12.7. The van der Waals surface area contributed by atoms with Crippen LogP contribution in [0.15, 0.2) is 139 Å². The summed E-state index contributed by atoms with van der Waals surface area (Å²) in [6, 6.07) is 6.77. The van der Waals surface area contributed by atoms with Gasteiger partial charge in [-0.2, -0.15) is 127 Å². The second kappa shape index (κ2) is 45.2. The maximum absolute atomic E-state index is 14.2. The molecule has 0 amide bonds. The molecule has 0 atom stereocenters. The molecule has 1 heterocycles. The molecule has 5 nitrogen and oxygen atoms in total. The molecule has 0 saturated heterocycles. The number of ether oxygens (including phenoxy) is 2. The van der Waals surface area contributed by atoms with Crippen LogP contribution in [0.5, 0.6) is 0 Å². The van der Waals surface area contributed by atoms with Gasteiger partial charge in [0, 0.05) is 17.7 Å². The summed E-state index contributed by atoms with van der Waals surface area (Å²) in [7, 11) is 0. The zero-order valence-electron chi connectivity index (χ0n) is 63.7. The van der Waals surface area contributed by atoms with Crippen molar-refractivity contribution in [1.82, 2.24) is 0 Å². The molecule has 0 aliphatic heterocycles. The fourth-order valence-electron chi connectivity index (χ4n) is 13.9. The minimum atomic E-state index is -6.13. The van der Waals surface area contributed by atoms with Crippen molar-refractivity contribution >= 4 is 45.5 Å². The van der Waals surface area contributed by atoms with Crippen LogP contribution in [-0.4, -0.2) is 31.3 Å². The van der Waals surface area contributed by atoms with Gasteiger partial charge in [0.25, 0.3) is 0 Å². The number of nitrogens with zero attached hydrogens (tertiary/aromatic N) is 1. The Kier molecular flexibility index (Phi) is 38.4. The van der Waals surface area contributed by atoms with E-state index in [9.17, 15) is 115 Å². The molecule has 1 aromatic heterocycles. The van der Waals surface area contributed by atoms with E-state index in [1.165, 1.54) is 167 Å². The third-order valence-corrected chi connectivity index (χ3v) is 19.9. The molecule has 5 aromatic carbocycles. The number of aromatic nitrogens is 1. The van der Waals surface area contributed by atoms with Gasteiger partial charge in [0.1, 0.15) is 6.15 Å². The SMILES string of the molecule is CCCCCCCCCCCCCCCCCCOC(=O)C(C(=O)OCCCCCCCCCCCCCCCCCC)=C(C[n+]1ccccc1)c1ccccc1.FC(F)(F)c1cc([B-](c2cc(C(F)(F)F)cc(C(F)(F)F)c2)(c2cc(C(F)(F)F)cc(C(F)(F)F)c2)c2cc(C(F)(F)F)cc(C(F)(F)F)c2)cc(C(F)(F)F)c1. The van der Waals surface area contributed by atoms with Gasteiger partial charge in [-0.25, -0.2) is 14.2 Å². The number of carbonyl (C=O) groups is 2. The van der Waals surface area contributed by atoms with Gasteiger partial charge in [0.15, 0.2) is 24.5 Å². The fourth-order valence-corrected chi connectivity index (χ4v) is 13.9. The number of hydrogen-bond donors (Lipinski definition) is 0. The third-order valence-electron chi connectivity index (χ3n) is 19.9. The summed E-state index contributed by atoms with van der Waals surface area (Å²) in [5.74, 6) is -1.16. The van der Waals surface area contributed by atoms with Gasteiger partial charge >= 0.3 is 61.3 Å². The standard InChI is InChI=1S/C52H86NO4.C32H12BF24/c1-3-5-7-9-11-13-15-17-19-21-23-25-27-29-31-39-45-56-51(54)50(49(48-41-35-33-36-42-48)47-53-43-37-34-38-44-53)52(55)57-46-40-32-30-28-26-24-22-20-18-16-14-12-10-8-6-4-2;34-25(35,36)13-1-14(26(37,38)39)6-21(5-13)33(22-7-15(27(40,41)42)2-16(8-22)28(43,44)45,23-9-17(29(46,47)48)3-18(10-23)30(49,50)51)24-11-19(31(52,53)54)4-20(12-24)32(55,56)57/h33-38,41-44H,3-32,39-40,45-47H2,1-2H3;1-12H/q+1;-1. The van der Waals surface area contributed by atoms with Crippen LogP contribution < -0.4 is 26.4 Å². The second-order valence-corrected chi connectivity index (χ2v) is 28.9. The number of esters is 2. The van der Waals surface area contributed by atoms with Crippen LogP contribution in [0.4, 0.5) is 105 Å². The van der Waals surface area contributed by atoms with Crippen LogP contribution in [-0.2, 0) is 75.0 Å². The highest BCUT2D eigenvalue weighted by Crippen LogP contribution is 2.42. The zero-order chi connectivity index (χ0) is 84.6. The van der Waals surface area contributed by atoms with Gasteiger partial charge in [-0.05, 0) is 42.7 Å². The van der Waals surface area contributed by atoms with E-state index in [1.807, 2.05) is 65.5 Å². The first-order chi connectivity index (χ1) is 53.4. The van der Waals surface area contributed by atoms with Crippen LogP contribution in [0.1, 0.15) is 269 Å². The average molecular weight is 1650 g/mol. The Hall–Kier alpha value is -7.69. The number of unbranched alkanes of at least 4 members (excludes halogenated alkanes) is 30. The monoisotopic (exact) mass is 1650 g/mol. The average Bonchev–Trinajstić information content (AvgIpc) is 0.707. The van der Waals surface area contributed by atoms with Crippen molar-refractivity contribution in [3.05, 3.63) is 189 Å². The Morgan fingerprint density at radius 2 is 0.482 bits per heavy atom. The molecule has 6 aromatic rings. The molecule has 0 fully saturated rings. The van der Waals surface area contributed by atoms with Gasteiger partial charge in [-0.3, -0.25) is 0 Å². The Labute approximate surface area is 650 Å². The molecule has 6 rings (SSSR count). The van der Waals surface area contributed by atoms with E-state index in [0.717, 1.165) is 44.1 Å². The summed E-state index contributed by atoms with van der Waals surface area (Å²) < 4.78 is 354. The van der Waals surface area contributed by atoms with Crippen LogP contribution in [0, 0.1) is 0 Å². The van der Waals surface area contributed by atoms with Crippen molar-refractivity contribution in [3.8, 4) is 0 Å². The maximum Gasteiger partial charge on any atom is 0.416 e. The maximum atomic E-state index is 14.2. The van der Waals surface area contributed by atoms with E-state index in [1.54, 1.807) is 0 Å². The highest BCUT2D eigenvalue weighted by atomic mass is 19.4. The lowest BCUT2D eigenvalue weighted by Crippen LogP contribution is -2.75. The molecule has 30 heteroatoms. The predicted molar refractivity (Wildman–Crippen MR) is 391 cm³/mol. The van der Waals surface area contributed by atoms with E-state index < -0.39 is 207 Å². The van der Waals surface area contributed by atoms with Crippen LogP contribution in [0.25, 0.3) is 5.57 Å². The predicted octanol–water partition coefficient (Wildman–Crippen LogP) is 26.3. The van der Waals surface area contributed by atoms with Gasteiger partial charge < -0.3 is 9.47 Å². The molecular weight excluding hydrogens is 1550 g/mol. The van der Waals surface area contributed by atoms with Crippen LogP contribution >= 0.6 is 0 Å². The fraction of sp³-hybridized carbons (Fsp3) is 0.536. The van der Waals surface area contributed by atoms with E-state index >= 15 is 0 Å². The van der Waals surface area contributed by atoms with Gasteiger partial charge in [0.2, 0.25) is 0 Å². The molecule has 0 spiro atoms. The Bertz CT molecular complexity index is 3400. The molecule has 0 aliphatic carbocycles.